The third-order valence-electron chi connectivity index (χ3n) is 4.48. The number of ether oxygens (including phenoxy) is 12. The van der Waals surface area contributed by atoms with E-state index in [-0.39, 0.29) is 6.54 Å². The summed E-state index contributed by atoms with van der Waals surface area (Å²) < 4.78 is 64.0. The second-order valence-corrected chi connectivity index (χ2v) is 7.58. The molecule has 39 heavy (non-hydrogen) atoms. The predicted octanol–water partition coefficient (Wildman–Crippen LogP) is 0.582. The number of hydrogen-bond donors (Lipinski definition) is 0. The molecule has 0 aromatic rings. The van der Waals surface area contributed by atoms with Crippen LogP contribution in [0.4, 0.5) is 0 Å². The fourth-order valence-corrected chi connectivity index (χ4v) is 2.55. The molecular weight excluding hydrogens is 522 g/mol. The summed E-state index contributed by atoms with van der Waals surface area (Å²) in [6, 6.07) is 0. The minimum atomic E-state index is 0.166. The van der Waals surface area contributed by atoms with Crippen LogP contribution in [0.15, 0.2) is 5.18 Å². The maximum absolute atomic E-state index is 9.87. The number of methoxy groups -OCH3 is 1. The van der Waals surface area contributed by atoms with Crippen molar-refractivity contribution in [2.75, 3.05) is 166 Å². The normalized spacial score (nSPS) is 11.4. The Morgan fingerprint density at radius 3 is 0.667 bits per heavy atom. The zero-order chi connectivity index (χ0) is 28.2. The molecule has 0 aliphatic carbocycles. The Kier molecular flexibility index (Phi) is 36.3. The highest BCUT2D eigenvalue weighted by Gasteiger charge is 1.96. The molecule has 0 bridgehead atoms. The third kappa shape index (κ3) is 37.1. The molecule has 14 heteroatoms. The van der Waals surface area contributed by atoms with Crippen molar-refractivity contribution in [3.8, 4) is 0 Å². The number of hydrogen-bond acceptors (Lipinski definition) is 14. The van der Waals surface area contributed by atoms with Crippen LogP contribution < -0.4 is 0 Å². The molecule has 0 atom stereocenters. The number of nitrogens with zero attached hydrogens (tertiary/aromatic N) is 1. The van der Waals surface area contributed by atoms with Crippen LogP contribution in [0.1, 0.15) is 0 Å². The van der Waals surface area contributed by atoms with Crippen LogP contribution >= 0.6 is 0 Å². The predicted molar refractivity (Wildman–Crippen MR) is 142 cm³/mol. The van der Waals surface area contributed by atoms with Gasteiger partial charge in [0.05, 0.1) is 152 Å². The smallest absolute Gasteiger partial charge is 0.104 e. The number of rotatable bonds is 36. The lowest BCUT2D eigenvalue weighted by Crippen LogP contribution is -2.15. The van der Waals surface area contributed by atoms with E-state index in [1.807, 2.05) is 0 Å². The van der Waals surface area contributed by atoms with Crippen molar-refractivity contribution in [2.24, 2.45) is 5.18 Å². The van der Waals surface area contributed by atoms with Gasteiger partial charge < -0.3 is 56.8 Å². The molecule has 234 valence electrons. The van der Waals surface area contributed by atoms with E-state index in [1.165, 1.54) is 0 Å². The second kappa shape index (κ2) is 37.1. The van der Waals surface area contributed by atoms with E-state index < -0.39 is 0 Å². The highest BCUT2D eigenvalue weighted by Crippen LogP contribution is 1.87. The van der Waals surface area contributed by atoms with Crippen LogP contribution in [0.2, 0.25) is 0 Å². The van der Waals surface area contributed by atoms with Crippen molar-refractivity contribution < 1.29 is 56.8 Å². The maximum atomic E-state index is 9.87. The average Bonchev–Trinajstić information content (AvgIpc) is 2.95. The van der Waals surface area contributed by atoms with Gasteiger partial charge in [-0.2, -0.15) is 4.91 Å². The molecule has 14 nitrogen and oxygen atoms in total. The van der Waals surface area contributed by atoms with Crippen molar-refractivity contribution in [3.05, 3.63) is 4.91 Å². The lowest BCUT2D eigenvalue weighted by Gasteiger charge is -2.09. The first kappa shape index (κ1) is 38.1. The Morgan fingerprint density at radius 2 is 0.487 bits per heavy atom. The topological polar surface area (TPSA) is 140 Å². The minimum absolute atomic E-state index is 0.166. The monoisotopic (exact) mass is 573 g/mol. The summed E-state index contributed by atoms with van der Waals surface area (Å²) in [5.74, 6) is 0. The van der Waals surface area contributed by atoms with Gasteiger partial charge in [-0.05, 0) is 0 Å². The van der Waals surface area contributed by atoms with E-state index in [9.17, 15) is 4.91 Å². The molecule has 0 saturated heterocycles. The Labute approximate surface area is 233 Å². The van der Waals surface area contributed by atoms with E-state index in [0.717, 1.165) is 0 Å². The van der Waals surface area contributed by atoms with Gasteiger partial charge in [0.1, 0.15) is 6.54 Å². The van der Waals surface area contributed by atoms with E-state index >= 15 is 0 Å². The van der Waals surface area contributed by atoms with E-state index in [0.29, 0.717) is 152 Å². The molecule has 0 radical (unpaired) electrons. The van der Waals surface area contributed by atoms with Gasteiger partial charge >= 0.3 is 0 Å². The van der Waals surface area contributed by atoms with Gasteiger partial charge in [0.2, 0.25) is 0 Å². The molecule has 0 heterocycles. The largest absolute Gasteiger partial charge is 0.382 e. The van der Waals surface area contributed by atoms with Crippen LogP contribution in [0, 0.1) is 4.91 Å². The van der Waals surface area contributed by atoms with E-state index in [1.54, 1.807) is 7.11 Å². The van der Waals surface area contributed by atoms with Crippen molar-refractivity contribution in [2.45, 2.75) is 0 Å². The van der Waals surface area contributed by atoms with Crippen LogP contribution in [-0.2, 0) is 56.8 Å². The van der Waals surface area contributed by atoms with Crippen molar-refractivity contribution >= 4 is 0 Å². The van der Waals surface area contributed by atoms with Crippen LogP contribution in [-0.4, -0.2) is 166 Å². The lowest BCUT2D eigenvalue weighted by atomic mass is 10.6. The first-order valence-corrected chi connectivity index (χ1v) is 13.5. The van der Waals surface area contributed by atoms with Gasteiger partial charge in [-0.25, -0.2) is 0 Å². The zero-order valence-corrected chi connectivity index (χ0v) is 23.7. The van der Waals surface area contributed by atoms with E-state index in [4.69, 9.17) is 56.8 Å². The fourth-order valence-electron chi connectivity index (χ4n) is 2.55. The first-order chi connectivity index (χ1) is 19.4. The fraction of sp³-hybridized carbons (Fsp3) is 1.00. The standard InChI is InChI=1S/C25H51NO13/c1-28-4-5-30-8-9-32-12-13-34-16-17-36-20-21-38-24-25-39-23-22-37-19-18-35-15-14-33-11-10-31-7-6-29-3-2-26-27/h2-25H2,1H3. The van der Waals surface area contributed by atoms with Crippen LogP contribution in [0.3, 0.4) is 0 Å². The van der Waals surface area contributed by atoms with Crippen LogP contribution in [0.25, 0.3) is 0 Å². The third-order valence-corrected chi connectivity index (χ3v) is 4.48. The lowest BCUT2D eigenvalue weighted by molar-refractivity contribution is -0.0279. The van der Waals surface area contributed by atoms with Gasteiger partial charge in [0.15, 0.2) is 0 Å². The SMILES string of the molecule is COCCOCCOCCOCCOCCOCCOCCOCCOCCOCCOCCOCCN=O. The summed E-state index contributed by atoms with van der Waals surface area (Å²) in [5, 5.41) is 2.70. The summed E-state index contributed by atoms with van der Waals surface area (Å²) in [4.78, 5) is 9.87. The highest BCUT2D eigenvalue weighted by molar-refractivity contribution is 4.40. The Hall–Kier alpha value is -0.880. The van der Waals surface area contributed by atoms with E-state index in [2.05, 4.69) is 5.18 Å². The molecule has 0 unspecified atom stereocenters. The quantitative estimate of drug-likeness (QED) is 0.0763. The van der Waals surface area contributed by atoms with Gasteiger partial charge in [-0.1, -0.05) is 5.18 Å². The molecule has 0 aromatic heterocycles. The zero-order valence-electron chi connectivity index (χ0n) is 23.7. The summed E-state index contributed by atoms with van der Waals surface area (Å²) in [6.07, 6.45) is 0. The molecule has 0 aliphatic rings. The van der Waals surface area contributed by atoms with Crippen molar-refractivity contribution in [3.63, 3.8) is 0 Å². The molecule has 0 fully saturated rings. The van der Waals surface area contributed by atoms with Gasteiger partial charge in [-0.15, -0.1) is 0 Å². The minimum Gasteiger partial charge on any atom is -0.382 e. The summed E-state index contributed by atoms with van der Waals surface area (Å²) in [7, 11) is 1.64. The van der Waals surface area contributed by atoms with Crippen LogP contribution in [0.5, 0.6) is 0 Å². The molecule has 0 amide bonds. The Morgan fingerprint density at radius 1 is 0.308 bits per heavy atom. The van der Waals surface area contributed by atoms with Gasteiger partial charge in [0, 0.05) is 7.11 Å². The molecule has 0 N–H and O–H groups in total. The van der Waals surface area contributed by atoms with Crippen molar-refractivity contribution in [1.82, 2.24) is 0 Å². The molecular formula is C25H51NO13. The highest BCUT2D eigenvalue weighted by atomic mass is 16.6. The summed E-state index contributed by atoms with van der Waals surface area (Å²) >= 11 is 0. The Bertz CT molecular complexity index is 452. The number of nitroso groups, excluding NO2 is 1. The maximum Gasteiger partial charge on any atom is 0.104 e. The first-order valence-electron chi connectivity index (χ1n) is 13.5. The average molecular weight is 574 g/mol. The molecule has 0 aromatic carbocycles. The summed E-state index contributed by atoms with van der Waals surface area (Å²) in [5.41, 5.74) is 0. The Balaban J connectivity index is 3.02. The summed E-state index contributed by atoms with van der Waals surface area (Å²) in [6.45, 7) is 11.8. The second-order valence-electron chi connectivity index (χ2n) is 7.58. The van der Waals surface area contributed by atoms with Gasteiger partial charge in [0.25, 0.3) is 0 Å². The molecule has 0 saturated carbocycles. The van der Waals surface area contributed by atoms with Crippen molar-refractivity contribution in [1.29, 1.82) is 0 Å². The molecule has 0 spiro atoms. The van der Waals surface area contributed by atoms with Gasteiger partial charge in [-0.3, -0.25) is 0 Å². The molecule has 0 rings (SSSR count). The molecule has 0 aliphatic heterocycles.